The number of hydrogen-bond donors (Lipinski definition) is 1. The second-order valence-electron chi connectivity index (χ2n) is 7.91. The summed E-state index contributed by atoms with van der Waals surface area (Å²) in [5, 5.41) is 0. The molecular weight excluding hydrogens is 244 g/mol. The molecule has 0 saturated heterocycles. The molecule has 3 unspecified atom stereocenters. The van der Waals surface area contributed by atoms with Gasteiger partial charge >= 0.3 is 0 Å². The maximum absolute atomic E-state index is 6.52. The Labute approximate surface area is 126 Å². The van der Waals surface area contributed by atoms with E-state index in [-0.39, 0.29) is 0 Å². The minimum atomic E-state index is 0.413. The summed E-state index contributed by atoms with van der Waals surface area (Å²) in [6.07, 6.45) is 10.7. The Hall–Kier alpha value is -0.0800. The van der Waals surface area contributed by atoms with E-state index in [0.717, 1.165) is 12.0 Å². The molecule has 0 aromatic carbocycles. The van der Waals surface area contributed by atoms with Crippen LogP contribution in [0.1, 0.15) is 79.1 Å². The Morgan fingerprint density at radius 3 is 2.35 bits per heavy atom. The molecule has 2 heteroatoms. The third-order valence-electron chi connectivity index (χ3n) is 6.10. The second kappa shape index (κ2) is 6.79. The minimum Gasteiger partial charge on any atom is -0.326 e. The third-order valence-corrected chi connectivity index (χ3v) is 6.10. The number of nitrogens with two attached hydrogens (primary N) is 1. The Morgan fingerprint density at radius 1 is 1.10 bits per heavy atom. The Kier molecular flexibility index (Phi) is 5.53. The van der Waals surface area contributed by atoms with Gasteiger partial charge in [0.15, 0.2) is 0 Å². The zero-order chi connectivity index (χ0) is 14.8. The zero-order valence-corrected chi connectivity index (χ0v) is 14.2. The molecule has 2 rings (SSSR count). The highest BCUT2D eigenvalue weighted by atomic mass is 15.2. The summed E-state index contributed by atoms with van der Waals surface area (Å²) in [6, 6.07) is 1.93. The first-order valence-corrected chi connectivity index (χ1v) is 9.01. The lowest BCUT2D eigenvalue weighted by Crippen LogP contribution is -2.53. The number of rotatable bonds is 7. The van der Waals surface area contributed by atoms with Crippen LogP contribution in [0.3, 0.4) is 0 Å². The van der Waals surface area contributed by atoms with Gasteiger partial charge in [-0.15, -0.1) is 0 Å². The van der Waals surface area contributed by atoms with Gasteiger partial charge in [0.05, 0.1) is 0 Å². The van der Waals surface area contributed by atoms with Gasteiger partial charge < -0.3 is 5.73 Å². The fourth-order valence-electron chi connectivity index (χ4n) is 3.92. The molecule has 2 aliphatic carbocycles. The van der Waals surface area contributed by atoms with E-state index >= 15 is 0 Å². The average molecular weight is 280 g/mol. The van der Waals surface area contributed by atoms with E-state index in [2.05, 4.69) is 32.6 Å². The monoisotopic (exact) mass is 280 g/mol. The summed E-state index contributed by atoms with van der Waals surface area (Å²) in [6.45, 7) is 10.8. The smallest absolute Gasteiger partial charge is 0.0252 e. The van der Waals surface area contributed by atoms with Gasteiger partial charge in [-0.3, -0.25) is 4.90 Å². The van der Waals surface area contributed by atoms with Crippen LogP contribution in [-0.4, -0.2) is 29.6 Å². The summed E-state index contributed by atoms with van der Waals surface area (Å²) in [5.41, 5.74) is 7.01. The van der Waals surface area contributed by atoms with Gasteiger partial charge in [-0.1, -0.05) is 40.5 Å². The van der Waals surface area contributed by atoms with Crippen LogP contribution in [0.2, 0.25) is 0 Å². The van der Waals surface area contributed by atoms with Gasteiger partial charge in [0.1, 0.15) is 0 Å². The Bertz CT molecular complexity index is 296. The summed E-state index contributed by atoms with van der Waals surface area (Å²) < 4.78 is 0. The third kappa shape index (κ3) is 3.76. The van der Waals surface area contributed by atoms with Crippen LogP contribution in [0.25, 0.3) is 0 Å². The molecule has 2 fully saturated rings. The zero-order valence-electron chi connectivity index (χ0n) is 14.2. The van der Waals surface area contributed by atoms with E-state index in [4.69, 9.17) is 5.73 Å². The second-order valence-corrected chi connectivity index (χ2v) is 7.91. The number of hydrogen-bond acceptors (Lipinski definition) is 2. The van der Waals surface area contributed by atoms with Crippen LogP contribution >= 0.6 is 0 Å². The van der Waals surface area contributed by atoms with Crippen molar-refractivity contribution in [1.29, 1.82) is 0 Å². The fraction of sp³-hybridized carbons (Fsp3) is 1.00. The van der Waals surface area contributed by atoms with E-state index in [9.17, 15) is 0 Å². The highest BCUT2D eigenvalue weighted by molar-refractivity contribution is 4.98. The van der Waals surface area contributed by atoms with Gasteiger partial charge in [-0.2, -0.15) is 0 Å². The maximum atomic E-state index is 6.52. The van der Waals surface area contributed by atoms with Crippen molar-refractivity contribution >= 4 is 0 Å². The van der Waals surface area contributed by atoms with Crippen LogP contribution in [0, 0.1) is 11.3 Å². The quantitative estimate of drug-likeness (QED) is 0.758. The molecule has 0 bridgehead atoms. The Morgan fingerprint density at radius 2 is 1.80 bits per heavy atom. The van der Waals surface area contributed by atoms with Gasteiger partial charge in [-0.05, 0) is 56.4 Å². The highest BCUT2D eigenvalue weighted by Gasteiger charge is 2.42. The van der Waals surface area contributed by atoms with E-state index in [1.54, 1.807) is 0 Å². The number of nitrogens with zero attached hydrogens (tertiary/aromatic N) is 1. The van der Waals surface area contributed by atoms with Crippen molar-refractivity contribution in [2.24, 2.45) is 17.1 Å². The summed E-state index contributed by atoms with van der Waals surface area (Å²) >= 11 is 0. The summed E-state index contributed by atoms with van der Waals surface area (Å²) in [7, 11) is 0. The lowest BCUT2D eigenvalue weighted by Gasteiger charge is -2.46. The first-order chi connectivity index (χ1) is 9.49. The highest BCUT2D eigenvalue weighted by Crippen LogP contribution is 2.43. The van der Waals surface area contributed by atoms with Crippen molar-refractivity contribution < 1.29 is 0 Å². The normalized spacial score (nSPS) is 31.8. The molecule has 118 valence electrons. The lowest BCUT2D eigenvalue weighted by atomic mass is 9.67. The van der Waals surface area contributed by atoms with Crippen molar-refractivity contribution in [3.05, 3.63) is 0 Å². The molecule has 0 aromatic heterocycles. The molecule has 3 atom stereocenters. The molecule has 0 spiro atoms. The van der Waals surface area contributed by atoms with Crippen molar-refractivity contribution in [3.63, 3.8) is 0 Å². The Balaban J connectivity index is 2.02. The topological polar surface area (TPSA) is 29.3 Å². The van der Waals surface area contributed by atoms with Crippen molar-refractivity contribution in [1.82, 2.24) is 4.90 Å². The lowest BCUT2D eigenvalue weighted by molar-refractivity contribution is 0.0547. The largest absolute Gasteiger partial charge is 0.326 e. The molecule has 2 nitrogen and oxygen atoms in total. The van der Waals surface area contributed by atoms with Crippen molar-refractivity contribution in [2.45, 2.75) is 97.2 Å². The molecule has 2 saturated carbocycles. The van der Waals surface area contributed by atoms with Crippen molar-refractivity contribution in [3.8, 4) is 0 Å². The predicted molar refractivity (Wildman–Crippen MR) is 87.8 cm³/mol. The molecule has 0 aliphatic heterocycles. The van der Waals surface area contributed by atoms with Gasteiger partial charge in [0.25, 0.3) is 0 Å². The molecule has 0 aromatic rings. The first-order valence-electron chi connectivity index (χ1n) is 9.01. The van der Waals surface area contributed by atoms with Gasteiger partial charge in [0, 0.05) is 18.1 Å². The van der Waals surface area contributed by atoms with Crippen LogP contribution in [-0.2, 0) is 0 Å². The summed E-state index contributed by atoms with van der Waals surface area (Å²) in [5.74, 6) is 0.861. The molecular formula is C18H36N2. The average Bonchev–Trinajstić information content (AvgIpc) is 3.25. The van der Waals surface area contributed by atoms with Crippen LogP contribution in [0.4, 0.5) is 0 Å². The maximum Gasteiger partial charge on any atom is 0.0252 e. The predicted octanol–water partition coefficient (Wildman–Crippen LogP) is 4.18. The molecule has 20 heavy (non-hydrogen) atoms. The molecule has 2 aliphatic rings. The standard InChI is InChI=1S/C18H36N2/c1-5-7-12-20(15-9-10-15)17-13-14(8-11-16(17)19)18(3,4)6-2/h14-17H,5-13,19H2,1-4H3. The van der Waals surface area contributed by atoms with E-state index in [0.29, 0.717) is 17.5 Å². The van der Waals surface area contributed by atoms with E-state index in [1.165, 1.54) is 57.9 Å². The van der Waals surface area contributed by atoms with Crippen molar-refractivity contribution in [2.75, 3.05) is 6.54 Å². The van der Waals surface area contributed by atoms with Crippen LogP contribution in [0.15, 0.2) is 0 Å². The number of unbranched alkanes of at least 4 members (excludes halogenated alkanes) is 1. The van der Waals surface area contributed by atoms with Gasteiger partial charge in [0.2, 0.25) is 0 Å². The molecule has 0 heterocycles. The summed E-state index contributed by atoms with van der Waals surface area (Å²) in [4.78, 5) is 2.80. The van der Waals surface area contributed by atoms with Crippen LogP contribution < -0.4 is 5.73 Å². The first kappa shape index (κ1) is 16.3. The fourth-order valence-corrected chi connectivity index (χ4v) is 3.92. The SMILES string of the molecule is CCCCN(C1CC1)C1CC(C(C)(C)CC)CCC1N. The van der Waals surface area contributed by atoms with Gasteiger partial charge in [-0.25, -0.2) is 0 Å². The molecule has 2 N–H and O–H groups in total. The van der Waals surface area contributed by atoms with Crippen LogP contribution in [0.5, 0.6) is 0 Å². The molecule has 0 radical (unpaired) electrons. The molecule has 0 amide bonds. The van der Waals surface area contributed by atoms with E-state index in [1.807, 2.05) is 0 Å². The minimum absolute atomic E-state index is 0.413. The van der Waals surface area contributed by atoms with E-state index < -0.39 is 0 Å².